The van der Waals surface area contributed by atoms with Crippen molar-refractivity contribution in [3.63, 3.8) is 0 Å². The Morgan fingerprint density at radius 2 is 1.78 bits per heavy atom. The molecule has 2 aromatic carbocycles. The highest BCUT2D eigenvalue weighted by Crippen LogP contribution is 2.25. The van der Waals surface area contributed by atoms with E-state index in [-0.39, 0.29) is 18.2 Å². The summed E-state index contributed by atoms with van der Waals surface area (Å²) in [5.74, 6) is 0.459. The Hall–Kier alpha value is -3.84. The number of fused-ring (bicyclic) bond motifs is 1. The molecule has 2 N–H and O–H groups in total. The average molecular weight is 449 g/mol. The molecule has 2 aromatic heterocycles. The van der Waals surface area contributed by atoms with Crippen molar-refractivity contribution in [2.45, 2.75) is 20.5 Å². The van der Waals surface area contributed by atoms with Gasteiger partial charge in [-0.1, -0.05) is 29.8 Å². The first-order valence-electron chi connectivity index (χ1n) is 9.93. The summed E-state index contributed by atoms with van der Waals surface area (Å²) in [6, 6.07) is 17.2. The van der Waals surface area contributed by atoms with Crippen molar-refractivity contribution in [3.8, 4) is 5.75 Å². The number of hydrogen-bond donors (Lipinski definition) is 2. The van der Waals surface area contributed by atoms with E-state index in [1.165, 1.54) is 16.7 Å². The summed E-state index contributed by atoms with van der Waals surface area (Å²) in [6.45, 7) is 4.01. The normalized spacial score (nSPS) is 10.7. The molecule has 0 aliphatic rings. The number of para-hydroxylation sites is 2. The fraction of sp³-hybridized carbons (Fsp3) is 0.125. The Balaban J connectivity index is 1.48. The van der Waals surface area contributed by atoms with Gasteiger partial charge in [0, 0.05) is 18.0 Å². The first-order chi connectivity index (χ1) is 15.4. The van der Waals surface area contributed by atoms with Gasteiger partial charge in [-0.15, -0.1) is 0 Å². The lowest BCUT2D eigenvalue weighted by Gasteiger charge is -2.13. The Labute approximate surface area is 189 Å². The number of rotatable bonds is 5. The van der Waals surface area contributed by atoms with Gasteiger partial charge in [0.25, 0.3) is 5.56 Å². The quantitative estimate of drug-likeness (QED) is 0.440. The van der Waals surface area contributed by atoms with Crippen LogP contribution >= 0.6 is 11.6 Å². The number of aryl methyl sites for hydroxylation is 2. The van der Waals surface area contributed by atoms with Crippen molar-refractivity contribution >= 4 is 34.7 Å². The van der Waals surface area contributed by atoms with E-state index in [9.17, 15) is 9.59 Å². The maximum absolute atomic E-state index is 12.5. The third kappa shape index (κ3) is 5.07. The molecule has 32 heavy (non-hydrogen) atoms. The minimum absolute atomic E-state index is 0.0613. The Morgan fingerprint density at radius 3 is 2.56 bits per heavy atom. The van der Waals surface area contributed by atoms with Crippen molar-refractivity contribution in [1.82, 2.24) is 9.38 Å². The second-order valence-corrected chi connectivity index (χ2v) is 7.84. The summed E-state index contributed by atoms with van der Waals surface area (Å²) in [5.41, 5.74) is 4.01. The predicted octanol–water partition coefficient (Wildman–Crippen LogP) is 5.19. The van der Waals surface area contributed by atoms with Crippen LogP contribution < -0.4 is 20.9 Å². The van der Waals surface area contributed by atoms with Crippen LogP contribution in [0.1, 0.15) is 16.8 Å². The van der Waals surface area contributed by atoms with E-state index in [0.29, 0.717) is 33.5 Å². The number of amides is 2. The Kier molecular flexibility index (Phi) is 6.09. The number of nitrogens with zero attached hydrogens (tertiary/aromatic N) is 2. The van der Waals surface area contributed by atoms with Crippen LogP contribution in [0.4, 0.5) is 16.2 Å². The molecule has 0 bridgehead atoms. The molecule has 0 saturated carbocycles. The molecule has 0 unspecified atom stereocenters. The van der Waals surface area contributed by atoms with Gasteiger partial charge in [0.05, 0.1) is 16.4 Å². The van der Waals surface area contributed by atoms with Gasteiger partial charge < -0.3 is 15.4 Å². The maximum Gasteiger partial charge on any atom is 0.323 e. The summed E-state index contributed by atoms with van der Waals surface area (Å²) in [6.07, 6.45) is 1.52. The molecule has 7 nitrogen and oxygen atoms in total. The lowest BCUT2D eigenvalue weighted by molar-refractivity contribution is 0.261. The van der Waals surface area contributed by atoms with Crippen LogP contribution in [-0.4, -0.2) is 15.4 Å². The number of halogens is 1. The van der Waals surface area contributed by atoms with E-state index in [4.69, 9.17) is 16.3 Å². The van der Waals surface area contributed by atoms with Gasteiger partial charge in [-0.3, -0.25) is 9.20 Å². The van der Waals surface area contributed by atoms with E-state index < -0.39 is 0 Å². The van der Waals surface area contributed by atoms with E-state index in [2.05, 4.69) is 15.6 Å². The van der Waals surface area contributed by atoms with Crippen molar-refractivity contribution in [1.29, 1.82) is 0 Å². The number of hydrogen-bond acceptors (Lipinski definition) is 4. The molecule has 0 saturated heterocycles. The second-order valence-electron chi connectivity index (χ2n) is 7.40. The minimum Gasteiger partial charge on any atom is -0.485 e. The van der Waals surface area contributed by atoms with E-state index in [0.717, 1.165) is 11.1 Å². The zero-order chi connectivity index (χ0) is 22.7. The monoisotopic (exact) mass is 448 g/mol. The number of carbonyl (C=O) groups is 1. The van der Waals surface area contributed by atoms with Gasteiger partial charge in [0.2, 0.25) is 0 Å². The van der Waals surface area contributed by atoms with Gasteiger partial charge in [-0.05, 0) is 61.4 Å². The molecule has 0 radical (unpaired) electrons. The maximum atomic E-state index is 12.5. The molecule has 0 aliphatic heterocycles. The Bertz CT molecular complexity index is 1350. The number of carbonyl (C=O) groups excluding carboxylic acids is 1. The van der Waals surface area contributed by atoms with Crippen molar-refractivity contribution < 1.29 is 9.53 Å². The lowest BCUT2D eigenvalue weighted by atomic mass is 10.1. The standard InChI is InChI=1S/C24H21ClN4O3/c1-15-9-16(2)11-18(10-15)27-24(31)28-20-5-3-4-6-21(20)32-14-19-12-23(30)29-13-17(25)7-8-22(29)26-19/h3-13H,14H2,1-2H3,(H2,27,28,31). The third-order valence-corrected chi connectivity index (χ3v) is 4.89. The van der Waals surface area contributed by atoms with Gasteiger partial charge in [0.1, 0.15) is 18.0 Å². The molecule has 0 aliphatic carbocycles. The van der Waals surface area contributed by atoms with Crippen LogP contribution in [0.3, 0.4) is 0 Å². The molecule has 4 aromatic rings. The number of ether oxygens (including phenoxy) is 1. The zero-order valence-electron chi connectivity index (χ0n) is 17.6. The molecule has 0 spiro atoms. The van der Waals surface area contributed by atoms with Crippen LogP contribution in [0.25, 0.3) is 5.65 Å². The average Bonchev–Trinajstić information content (AvgIpc) is 2.73. The number of nitrogens with one attached hydrogen (secondary N) is 2. The number of benzene rings is 2. The highest BCUT2D eigenvalue weighted by atomic mass is 35.5. The van der Waals surface area contributed by atoms with Crippen molar-refractivity contribution in [2.24, 2.45) is 0 Å². The predicted molar refractivity (Wildman–Crippen MR) is 126 cm³/mol. The smallest absolute Gasteiger partial charge is 0.323 e. The van der Waals surface area contributed by atoms with Gasteiger partial charge >= 0.3 is 6.03 Å². The van der Waals surface area contributed by atoms with Crippen LogP contribution in [0.2, 0.25) is 5.02 Å². The van der Waals surface area contributed by atoms with Gasteiger partial charge in [-0.2, -0.15) is 0 Å². The summed E-state index contributed by atoms with van der Waals surface area (Å²) in [4.78, 5) is 29.3. The highest BCUT2D eigenvalue weighted by Gasteiger charge is 2.10. The summed E-state index contributed by atoms with van der Waals surface area (Å²) < 4.78 is 7.23. The van der Waals surface area contributed by atoms with Crippen LogP contribution in [-0.2, 0) is 6.61 Å². The lowest BCUT2D eigenvalue weighted by Crippen LogP contribution is -2.20. The van der Waals surface area contributed by atoms with Crippen molar-refractivity contribution in [2.75, 3.05) is 10.6 Å². The number of urea groups is 1. The fourth-order valence-corrected chi connectivity index (χ4v) is 3.54. The molecule has 0 fully saturated rings. The molecular weight excluding hydrogens is 428 g/mol. The fourth-order valence-electron chi connectivity index (χ4n) is 3.38. The number of pyridine rings is 1. The molecule has 8 heteroatoms. The Morgan fingerprint density at radius 1 is 1.03 bits per heavy atom. The van der Waals surface area contributed by atoms with Gasteiger partial charge in [-0.25, -0.2) is 9.78 Å². The third-order valence-electron chi connectivity index (χ3n) is 4.67. The first kappa shape index (κ1) is 21.4. The minimum atomic E-state index is -0.384. The summed E-state index contributed by atoms with van der Waals surface area (Å²) >= 11 is 5.95. The molecule has 2 heterocycles. The number of aromatic nitrogens is 2. The highest BCUT2D eigenvalue weighted by molar-refractivity contribution is 6.30. The summed E-state index contributed by atoms with van der Waals surface area (Å²) in [7, 11) is 0. The van der Waals surface area contributed by atoms with Crippen LogP contribution in [0, 0.1) is 13.8 Å². The zero-order valence-corrected chi connectivity index (χ0v) is 18.3. The topological polar surface area (TPSA) is 84.7 Å². The largest absolute Gasteiger partial charge is 0.485 e. The molecule has 2 amide bonds. The van der Waals surface area contributed by atoms with E-state index >= 15 is 0 Å². The molecule has 4 rings (SSSR count). The van der Waals surface area contributed by atoms with Crippen LogP contribution in [0.15, 0.2) is 71.7 Å². The SMILES string of the molecule is Cc1cc(C)cc(NC(=O)Nc2ccccc2OCc2cc(=O)n3cc(Cl)ccc3n2)c1. The van der Waals surface area contributed by atoms with Gasteiger partial charge in [0.15, 0.2) is 0 Å². The summed E-state index contributed by atoms with van der Waals surface area (Å²) in [5, 5.41) is 6.09. The van der Waals surface area contributed by atoms with Crippen LogP contribution in [0.5, 0.6) is 5.75 Å². The molecule has 162 valence electrons. The van der Waals surface area contributed by atoms with Crippen molar-refractivity contribution in [3.05, 3.63) is 99.1 Å². The number of anilines is 2. The second kappa shape index (κ2) is 9.11. The van der Waals surface area contributed by atoms with E-state index in [1.54, 1.807) is 36.4 Å². The molecular formula is C24H21ClN4O3. The van der Waals surface area contributed by atoms with E-state index in [1.807, 2.05) is 32.0 Å². The molecule has 0 atom stereocenters. The first-order valence-corrected chi connectivity index (χ1v) is 10.3.